The molecule has 0 amide bonds. The molecule has 1 rings (SSSR count). The number of benzene rings is 1. The molecule has 0 aliphatic carbocycles. The van der Waals surface area contributed by atoms with E-state index in [-0.39, 0.29) is 0 Å². The highest BCUT2D eigenvalue weighted by Gasteiger charge is 1.99. The summed E-state index contributed by atoms with van der Waals surface area (Å²) in [5, 5.41) is 6.52. The minimum atomic E-state index is 0.386. The van der Waals surface area contributed by atoms with Crippen molar-refractivity contribution in [3.8, 4) is 5.75 Å². The van der Waals surface area contributed by atoms with Crippen LogP contribution in [-0.2, 0) is 0 Å². The lowest BCUT2D eigenvalue weighted by atomic mass is 10.2. The molecule has 1 aromatic carbocycles. The van der Waals surface area contributed by atoms with Gasteiger partial charge >= 0.3 is 0 Å². The molecule has 4 heteroatoms. The Morgan fingerprint density at radius 2 is 1.95 bits per heavy atom. The summed E-state index contributed by atoms with van der Waals surface area (Å²) in [6.45, 7) is 10.7. The van der Waals surface area contributed by atoms with Crippen LogP contribution in [0.1, 0.15) is 32.8 Å². The topological polar surface area (TPSA) is 45.7 Å². The second-order valence-electron chi connectivity index (χ2n) is 5.07. The maximum absolute atomic E-state index is 5.67. The predicted octanol–water partition coefficient (Wildman–Crippen LogP) is 2.73. The van der Waals surface area contributed by atoms with Crippen LogP contribution in [0.2, 0.25) is 0 Å². The third-order valence-electron chi connectivity index (χ3n) is 2.63. The molecule has 112 valence electrons. The fourth-order valence-electron chi connectivity index (χ4n) is 1.67. The van der Waals surface area contributed by atoms with Crippen molar-refractivity contribution in [1.29, 1.82) is 0 Å². The monoisotopic (exact) mass is 277 g/mol. The van der Waals surface area contributed by atoms with E-state index < -0.39 is 0 Å². The summed E-state index contributed by atoms with van der Waals surface area (Å²) < 4.78 is 5.67. The van der Waals surface area contributed by atoms with Crippen LogP contribution >= 0.6 is 0 Å². The van der Waals surface area contributed by atoms with Gasteiger partial charge in [0, 0.05) is 25.6 Å². The number of hydrogen-bond acceptors (Lipinski definition) is 2. The number of ether oxygens (including phenoxy) is 1. The van der Waals surface area contributed by atoms with E-state index in [4.69, 9.17) is 4.74 Å². The zero-order chi connectivity index (χ0) is 14.8. The molecule has 0 aromatic heterocycles. The van der Waals surface area contributed by atoms with Crippen molar-refractivity contribution in [3.05, 3.63) is 29.8 Å². The van der Waals surface area contributed by atoms with Gasteiger partial charge < -0.3 is 15.4 Å². The largest absolute Gasteiger partial charge is 0.494 e. The first-order chi connectivity index (χ1) is 9.61. The second-order valence-corrected chi connectivity index (χ2v) is 5.07. The van der Waals surface area contributed by atoms with Crippen LogP contribution in [0.3, 0.4) is 0 Å². The van der Waals surface area contributed by atoms with Crippen LogP contribution in [0.15, 0.2) is 29.3 Å². The standard InChI is InChI=1S/C16H27N3O/c1-5-17-16(19-13(2)3)18-11-6-12-20-15-9-7-14(4)8-10-15/h7-10,13H,5-6,11-12H2,1-4H3,(H2,17,18,19). The summed E-state index contributed by atoms with van der Waals surface area (Å²) in [5.41, 5.74) is 1.25. The van der Waals surface area contributed by atoms with Gasteiger partial charge in [-0.2, -0.15) is 0 Å². The van der Waals surface area contributed by atoms with Crippen molar-refractivity contribution in [1.82, 2.24) is 10.6 Å². The first-order valence-electron chi connectivity index (χ1n) is 7.36. The maximum Gasteiger partial charge on any atom is 0.191 e. The van der Waals surface area contributed by atoms with Gasteiger partial charge in [-0.15, -0.1) is 0 Å². The van der Waals surface area contributed by atoms with Crippen molar-refractivity contribution in [3.63, 3.8) is 0 Å². The summed E-state index contributed by atoms with van der Waals surface area (Å²) >= 11 is 0. The van der Waals surface area contributed by atoms with Gasteiger partial charge in [0.25, 0.3) is 0 Å². The molecule has 0 saturated heterocycles. The summed E-state index contributed by atoms with van der Waals surface area (Å²) in [5.74, 6) is 1.80. The van der Waals surface area contributed by atoms with Gasteiger partial charge in [0.05, 0.1) is 6.61 Å². The van der Waals surface area contributed by atoms with Crippen LogP contribution in [-0.4, -0.2) is 31.7 Å². The third-order valence-corrected chi connectivity index (χ3v) is 2.63. The molecule has 20 heavy (non-hydrogen) atoms. The number of hydrogen-bond donors (Lipinski definition) is 2. The number of aliphatic imine (C=N–C) groups is 1. The highest BCUT2D eigenvalue weighted by Crippen LogP contribution is 2.11. The Hall–Kier alpha value is -1.71. The highest BCUT2D eigenvalue weighted by molar-refractivity contribution is 5.79. The van der Waals surface area contributed by atoms with Crippen LogP contribution in [0.25, 0.3) is 0 Å². The Labute approximate surface area is 122 Å². The summed E-state index contributed by atoms with van der Waals surface area (Å²) in [6, 6.07) is 8.51. The Morgan fingerprint density at radius 1 is 1.25 bits per heavy atom. The van der Waals surface area contributed by atoms with Gasteiger partial charge in [-0.05, 0) is 39.8 Å². The van der Waals surface area contributed by atoms with Gasteiger partial charge in [0.1, 0.15) is 5.75 Å². The average Bonchev–Trinajstić information content (AvgIpc) is 2.40. The number of guanidine groups is 1. The number of nitrogens with zero attached hydrogens (tertiary/aromatic N) is 1. The minimum absolute atomic E-state index is 0.386. The van der Waals surface area contributed by atoms with Gasteiger partial charge in [-0.3, -0.25) is 4.99 Å². The van der Waals surface area contributed by atoms with E-state index in [1.807, 2.05) is 12.1 Å². The first-order valence-corrected chi connectivity index (χ1v) is 7.36. The van der Waals surface area contributed by atoms with E-state index in [1.165, 1.54) is 5.56 Å². The molecule has 0 spiro atoms. The number of aryl methyl sites for hydroxylation is 1. The van der Waals surface area contributed by atoms with Gasteiger partial charge in [-0.1, -0.05) is 17.7 Å². The van der Waals surface area contributed by atoms with Crippen molar-refractivity contribution >= 4 is 5.96 Å². The van der Waals surface area contributed by atoms with E-state index in [0.29, 0.717) is 12.6 Å². The highest BCUT2D eigenvalue weighted by atomic mass is 16.5. The summed E-state index contributed by atoms with van der Waals surface area (Å²) in [4.78, 5) is 4.51. The fraction of sp³-hybridized carbons (Fsp3) is 0.562. The molecule has 0 aliphatic heterocycles. The molecular formula is C16H27N3O. The Bertz CT molecular complexity index is 399. The van der Waals surface area contributed by atoms with Gasteiger partial charge in [0.15, 0.2) is 5.96 Å². The quantitative estimate of drug-likeness (QED) is 0.457. The van der Waals surface area contributed by atoms with E-state index in [9.17, 15) is 0 Å². The molecule has 0 aliphatic rings. The normalized spacial score (nSPS) is 11.6. The average molecular weight is 277 g/mol. The van der Waals surface area contributed by atoms with Crippen molar-refractivity contribution in [2.24, 2.45) is 4.99 Å². The minimum Gasteiger partial charge on any atom is -0.494 e. The van der Waals surface area contributed by atoms with Crippen LogP contribution in [0, 0.1) is 6.92 Å². The van der Waals surface area contributed by atoms with Crippen LogP contribution < -0.4 is 15.4 Å². The molecule has 0 radical (unpaired) electrons. The third kappa shape index (κ3) is 7.02. The first kappa shape index (κ1) is 16.3. The van der Waals surface area contributed by atoms with Crippen molar-refractivity contribution < 1.29 is 4.74 Å². The zero-order valence-electron chi connectivity index (χ0n) is 13.1. The fourth-order valence-corrected chi connectivity index (χ4v) is 1.67. The zero-order valence-corrected chi connectivity index (χ0v) is 13.1. The Morgan fingerprint density at radius 3 is 2.55 bits per heavy atom. The van der Waals surface area contributed by atoms with E-state index in [1.54, 1.807) is 0 Å². The van der Waals surface area contributed by atoms with Crippen molar-refractivity contribution in [2.45, 2.75) is 40.2 Å². The SMILES string of the molecule is CCNC(=NCCCOc1ccc(C)cc1)NC(C)C. The molecule has 0 unspecified atom stereocenters. The molecule has 0 fully saturated rings. The van der Waals surface area contributed by atoms with Crippen LogP contribution in [0.4, 0.5) is 0 Å². The Kier molecular flexibility index (Phi) is 7.55. The smallest absolute Gasteiger partial charge is 0.191 e. The lowest BCUT2D eigenvalue weighted by molar-refractivity contribution is 0.313. The van der Waals surface area contributed by atoms with E-state index in [2.05, 4.69) is 55.5 Å². The van der Waals surface area contributed by atoms with Gasteiger partial charge in [-0.25, -0.2) is 0 Å². The number of rotatable bonds is 7. The molecule has 0 saturated carbocycles. The molecule has 2 N–H and O–H groups in total. The maximum atomic E-state index is 5.67. The molecular weight excluding hydrogens is 250 g/mol. The van der Waals surface area contributed by atoms with Crippen LogP contribution in [0.5, 0.6) is 5.75 Å². The molecule has 0 atom stereocenters. The summed E-state index contributed by atoms with van der Waals surface area (Å²) in [6.07, 6.45) is 0.905. The lowest BCUT2D eigenvalue weighted by Crippen LogP contribution is -2.41. The molecule has 0 bridgehead atoms. The second kappa shape index (κ2) is 9.23. The summed E-state index contributed by atoms with van der Waals surface area (Å²) in [7, 11) is 0. The Balaban J connectivity index is 2.26. The van der Waals surface area contributed by atoms with Gasteiger partial charge in [0.2, 0.25) is 0 Å². The van der Waals surface area contributed by atoms with Crippen molar-refractivity contribution in [2.75, 3.05) is 19.7 Å². The predicted molar refractivity (Wildman–Crippen MR) is 85.5 cm³/mol. The molecule has 0 heterocycles. The lowest BCUT2D eigenvalue weighted by Gasteiger charge is -2.13. The molecule has 1 aromatic rings. The number of nitrogens with one attached hydrogen (secondary N) is 2. The van der Waals surface area contributed by atoms with E-state index in [0.717, 1.165) is 31.2 Å². The van der Waals surface area contributed by atoms with E-state index >= 15 is 0 Å². The molecule has 4 nitrogen and oxygen atoms in total.